The molecular weight excluding hydrogens is 532 g/mol. The molecule has 2 heterocycles. The molecule has 0 N–H and O–H groups in total. The molecule has 0 spiro atoms. The predicted molar refractivity (Wildman–Crippen MR) is 189 cm³/mol. The quantitative estimate of drug-likeness (QED) is 0.191. The van der Waals surface area contributed by atoms with Crippen LogP contribution in [0, 0.1) is 0 Å². The monoisotopic (exact) mass is 562 g/mol. The lowest BCUT2D eigenvalue weighted by Crippen LogP contribution is -1.94. The molecule has 0 aliphatic rings. The van der Waals surface area contributed by atoms with Gasteiger partial charge in [-0.05, 0) is 82.1 Å². The van der Waals surface area contributed by atoms with Gasteiger partial charge in [-0.25, -0.2) is 4.98 Å². The number of para-hydroxylation sites is 2. The summed E-state index contributed by atoms with van der Waals surface area (Å²) in [6, 6.07) is 47.6. The molecule has 44 heavy (non-hydrogen) atoms. The van der Waals surface area contributed by atoms with Crippen LogP contribution in [0.25, 0.3) is 83.7 Å². The van der Waals surface area contributed by atoms with Crippen molar-refractivity contribution in [3.8, 4) is 28.2 Å². The fourth-order valence-electron chi connectivity index (χ4n) is 6.71. The van der Waals surface area contributed by atoms with Crippen LogP contribution in [0.1, 0.15) is 18.1 Å². The number of benzene rings is 6. The highest BCUT2D eigenvalue weighted by Gasteiger charge is 2.14. The van der Waals surface area contributed by atoms with Crippen molar-refractivity contribution in [3.05, 3.63) is 157 Å². The molecule has 0 radical (unpaired) electrons. The first-order valence-electron chi connectivity index (χ1n) is 15.0. The molecule has 0 saturated carbocycles. The fraction of sp³-hybridized carbons (Fsp3) is 0.0238. The van der Waals surface area contributed by atoms with Crippen molar-refractivity contribution in [1.29, 1.82) is 0 Å². The summed E-state index contributed by atoms with van der Waals surface area (Å²) in [5.41, 5.74) is 10.0. The Morgan fingerprint density at radius 1 is 0.523 bits per heavy atom. The lowest BCUT2D eigenvalue weighted by atomic mass is 9.90. The van der Waals surface area contributed by atoms with Gasteiger partial charge in [0.05, 0.1) is 22.4 Å². The van der Waals surface area contributed by atoms with Gasteiger partial charge in [0.25, 0.3) is 0 Å². The summed E-state index contributed by atoms with van der Waals surface area (Å²) >= 11 is 0. The average molecular weight is 563 g/mol. The van der Waals surface area contributed by atoms with Crippen LogP contribution in [0.2, 0.25) is 0 Å². The smallest absolute Gasteiger partial charge is 0.0709 e. The third kappa shape index (κ3) is 4.07. The van der Waals surface area contributed by atoms with Gasteiger partial charge in [-0.15, -0.1) is 0 Å². The van der Waals surface area contributed by atoms with E-state index in [9.17, 15) is 0 Å². The lowest BCUT2D eigenvalue weighted by molar-refractivity contribution is 1.18. The van der Waals surface area contributed by atoms with E-state index >= 15 is 0 Å². The zero-order chi connectivity index (χ0) is 29.6. The zero-order valence-corrected chi connectivity index (χ0v) is 24.5. The van der Waals surface area contributed by atoms with E-state index in [1.54, 1.807) is 0 Å². The van der Waals surface area contributed by atoms with Gasteiger partial charge in [-0.3, -0.25) is 0 Å². The summed E-state index contributed by atoms with van der Waals surface area (Å²) in [5.74, 6) is 0. The topological polar surface area (TPSA) is 17.8 Å². The summed E-state index contributed by atoms with van der Waals surface area (Å²) in [7, 11) is 0. The van der Waals surface area contributed by atoms with E-state index in [4.69, 9.17) is 4.98 Å². The van der Waals surface area contributed by atoms with Gasteiger partial charge in [0, 0.05) is 27.6 Å². The van der Waals surface area contributed by atoms with E-state index in [2.05, 4.69) is 164 Å². The van der Waals surface area contributed by atoms with Gasteiger partial charge >= 0.3 is 0 Å². The van der Waals surface area contributed by atoms with Gasteiger partial charge in [0.15, 0.2) is 0 Å². The highest BCUT2D eigenvalue weighted by atomic mass is 15.0. The minimum absolute atomic E-state index is 0.955. The maximum atomic E-state index is 5.14. The van der Waals surface area contributed by atoms with Gasteiger partial charge < -0.3 is 4.57 Å². The second-order valence-corrected chi connectivity index (χ2v) is 11.2. The van der Waals surface area contributed by atoms with Crippen LogP contribution in [-0.4, -0.2) is 9.55 Å². The van der Waals surface area contributed by atoms with Crippen molar-refractivity contribution in [2.75, 3.05) is 0 Å². The zero-order valence-electron chi connectivity index (χ0n) is 24.5. The molecule has 0 unspecified atom stereocenters. The summed E-state index contributed by atoms with van der Waals surface area (Å²) in [5, 5.41) is 7.41. The average Bonchev–Trinajstić information content (AvgIpc) is 3.43. The second kappa shape index (κ2) is 10.5. The van der Waals surface area contributed by atoms with Gasteiger partial charge in [-0.1, -0.05) is 116 Å². The Morgan fingerprint density at radius 3 is 1.75 bits per heavy atom. The SMILES string of the molecule is C=Cc1c(/C=C\C)c2ccccc2c2cc(-c3cccc(-c4ccc(-n5c6ccccc6c6ccccc65)cc4)n3)ccc12. The van der Waals surface area contributed by atoms with E-state index in [-0.39, 0.29) is 0 Å². The third-order valence-corrected chi connectivity index (χ3v) is 8.69. The molecule has 0 saturated heterocycles. The number of hydrogen-bond acceptors (Lipinski definition) is 1. The van der Waals surface area contributed by atoms with E-state index < -0.39 is 0 Å². The molecule has 208 valence electrons. The summed E-state index contributed by atoms with van der Waals surface area (Å²) in [6.07, 6.45) is 6.26. The molecule has 0 amide bonds. The van der Waals surface area contributed by atoms with E-state index in [1.807, 2.05) is 6.08 Å². The standard InChI is InChI=1S/C42H30N2/c1-3-12-32-31(4-2)35-26-23-29(27-38(35)34-14-6-5-13-33(32)34)40-18-11-17-39(43-40)28-21-24-30(25-22-28)44-41-19-9-7-15-36(41)37-16-8-10-20-42(37)44/h3-27H,2H2,1H3/b12-3-. The normalized spacial score (nSPS) is 11.8. The molecular formula is C42H30N2. The molecule has 0 aliphatic heterocycles. The first-order valence-corrected chi connectivity index (χ1v) is 15.0. The Kier molecular flexibility index (Phi) is 6.20. The number of fused-ring (bicyclic) bond motifs is 6. The van der Waals surface area contributed by atoms with Crippen LogP contribution in [0.15, 0.2) is 146 Å². The predicted octanol–water partition coefficient (Wildman–Crippen LogP) is 11.5. The van der Waals surface area contributed by atoms with Crippen molar-refractivity contribution < 1.29 is 0 Å². The van der Waals surface area contributed by atoms with Crippen LogP contribution in [0.3, 0.4) is 0 Å². The van der Waals surface area contributed by atoms with Crippen molar-refractivity contribution in [3.63, 3.8) is 0 Å². The number of allylic oxidation sites excluding steroid dienone is 1. The maximum Gasteiger partial charge on any atom is 0.0709 e. The van der Waals surface area contributed by atoms with E-state index in [0.717, 1.165) is 33.8 Å². The summed E-state index contributed by atoms with van der Waals surface area (Å²) < 4.78 is 2.34. The van der Waals surface area contributed by atoms with Crippen molar-refractivity contribution in [1.82, 2.24) is 9.55 Å². The lowest BCUT2D eigenvalue weighted by Gasteiger charge is -2.14. The molecule has 0 atom stereocenters. The molecule has 8 rings (SSSR count). The number of nitrogens with zero attached hydrogens (tertiary/aromatic N) is 2. The van der Waals surface area contributed by atoms with Crippen molar-refractivity contribution in [2.24, 2.45) is 0 Å². The van der Waals surface area contributed by atoms with Crippen LogP contribution in [0.5, 0.6) is 0 Å². The maximum absolute atomic E-state index is 5.14. The molecule has 0 bridgehead atoms. The molecule has 0 aliphatic carbocycles. The van der Waals surface area contributed by atoms with Crippen LogP contribution in [-0.2, 0) is 0 Å². The van der Waals surface area contributed by atoms with Crippen LogP contribution >= 0.6 is 0 Å². The van der Waals surface area contributed by atoms with E-state index in [1.165, 1.54) is 48.9 Å². The Balaban J connectivity index is 1.21. The Hall–Kier alpha value is -5.73. The molecule has 2 nitrogen and oxygen atoms in total. The first-order chi connectivity index (χ1) is 21.7. The van der Waals surface area contributed by atoms with Crippen molar-refractivity contribution >= 4 is 55.5 Å². The second-order valence-electron chi connectivity index (χ2n) is 11.2. The Morgan fingerprint density at radius 2 is 1.09 bits per heavy atom. The van der Waals surface area contributed by atoms with Gasteiger partial charge in [0.1, 0.15) is 0 Å². The van der Waals surface area contributed by atoms with E-state index in [0.29, 0.717) is 0 Å². The minimum atomic E-state index is 0.955. The number of pyridine rings is 1. The Bertz CT molecular complexity index is 2350. The largest absolute Gasteiger partial charge is 0.309 e. The number of hydrogen-bond donors (Lipinski definition) is 0. The van der Waals surface area contributed by atoms with Crippen LogP contribution < -0.4 is 0 Å². The van der Waals surface area contributed by atoms with Crippen LogP contribution in [0.4, 0.5) is 0 Å². The van der Waals surface area contributed by atoms with Crippen molar-refractivity contribution in [2.45, 2.75) is 6.92 Å². The third-order valence-electron chi connectivity index (χ3n) is 8.69. The molecule has 8 aromatic rings. The number of rotatable bonds is 5. The van der Waals surface area contributed by atoms with Gasteiger partial charge in [-0.2, -0.15) is 0 Å². The highest BCUT2D eigenvalue weighted by Crippen LogP contribution is 2.37. The van der Waals surface area contributed by atoms with Gasteiger partial charge in [0.2, 0.25) is 0 Å². The Labute approximate surface area is 256 Å². The molecule has 0 fully saturated rings. The summed E-state index contributed by atoms with van der Waals surface area (Å²) in [4.78, 5) is 5.14. The highest BCUT2D eigenvalue weighted by molar-refractivity contribution is 6.15. The summed E-state index contributed by atoms with van der Waals surface area (Å²) in [6.45, 7) is 6.22. The fourth-order valence-corrected chi connectivity index (χ4v) is 6.71. The molecule has 2 heteroatoms. The molecule has 6 aromatic carbocycles. The first kappa shape index (κ1) is 25.9. The number of aromatic nitrogens is 2. The minimum Gasteiger partial charge on any atom is -0.309 e. The molecule has 2 aromatic heterocycles.